The van der Waals surface area contributed by atoms with E-state index < -0.39 is 0 Å². The van der Waals surface area contributed by atoms with E-state index in [-0.39, 0.29) is 11.9 Å². The summed E-state index contributed by atoms with van der Waals surface area (Å²) in [5.41, 5.74) is 1.56. The predicted molar refractivity (Wildman–Crippen MR) is 92.1 cm³/mol. The summed E-state index contributed by atoms with van der Waals surface area (Å²) in [6.07, 6.45) is 3.13. The summed E-state index contributed by atoms with van der Waals surface area (Å²) in [5, 5.41) is 0.945. The fraction of sp³-hybridized carbons (Fsp3) is 0.526. The lowest BCUT2D eigenvalue weighted by Crippen LogP contribution is -2.46. The van der Waals surface area contributed by atoms with E-state index in [1.807, 2.05) is 36.1 Å². The Morgan fingerprint density at radius 2 is 2.17 bits per heavy atom. The van der Waals surface area contributed by atoms with Crippen LogP contribution in [0.15, 0.2) is 28.7 Å². The molecule has 24 heavy (non-hydrogen) atoms. The quantitative estimate of drug-likeness (QED) is 0.811. The number of para-hydroxylation sites is 1. The molecule has 0 spiro atoms. The third-order valence-corrected chi connectivity index (χ3v) is 4.58. The summed E-state index contributed by atoms with van der Waals surface area (Å²) in [6, 6.07) is 7.84. The highest BCUT2D eigenvalue weighted by atomic mass is 16.5. The maximum absolute atomic E-state index is 13.2. The molecular formula is C19H25NO4. The highest BCUT2D eigenvalue weighted by Crippen LogP contribution is 2.29. The van der Waals surface area contributed by atoms with Gasteiger partial charge in [-0.1, -0.05) is 18.2 Å². The molecule has 3 rings (SSSR count). The maximum Gasteiger partial charge on any atom is 0.290 e. The van der Waals surface area contributed by atoms with Crippen molar-refractivity contribution in [1.29, 1.82) is 0 Å². The first kappa shape index (κ1) is 17.0. The van der Waals surface area contributed by atoms with Gasteiger partial charge in [0.25, 0.3) is 5.91 Å². The predicted octanol–water partition coefficient (Wildman–Crippen LogP) is 3.61. The van der Waals surface area contributed by atoms with E-state index >= 15 is 0 Å². The number of benzene rings is 1. The van der Waals surface area contributed by atoms with Crippen molar-refractivity contribution in [2.45, 2.75) is 38.8 Å². The van der Waals surface area contributed by atoms with Gasteiger partial charge in [0.05, 0.1) is 19.3 Å². The van der Waals surface area contributed by atoms with E-state index in [0.717, 1.165) is 42.3 Å². The van der Waals surface area contributed by atoms with Crippen molar-refractivity contribution in [3.63, 3.8) is 0 Å². The molecule has 0 unspecified atom stereocenters. The molecule has 2 heterocycles. The molecule has 1 amide bonds. The van der Waals surface area contributed by atoms with Crippen LogP contribution >= 0.6 is 0 Å². The summed E-state index contributed by atoms with van der Waals surface area (Å²) in [7, 11) is 1.63. The van der Waals surface area contributed by atoms with Gasteiger partial charge in [0.2, 0.25) is 0 Å². The number of fused-ring (bicyclic) bond motifs is 1. The van der Waals surface area contributed by atoms with Crippen LogP contribution in [0.1, 0.15) is 42.3 Å². The molecule has 0 aliphatic carbocycles. The van der Waals surface area contributed by atoms with E-state index in [1.165, 1.54) is 0 Å². The zero-order valence-electron chi connectivity index (χ0n) is 14.4. The van der Waals surface area contributed by atoms with Crippen LogP contribution in [0, 0.1) is 0 Å². The molecule has 0 saturated carbocycles. The second kappa shape index (κ2) is 7.81. The molecule has 0 N–H and O–H groups in total. The van der Waals surface area contributed by atoms with Crippen LogP contribution in [-0.2, 0) is 16.1 Å². The van der Waals surface area contributed by atoms with Crippen LogP contribution in [0.5, 0.6) is 0 Å². The molecule has 0 bridgehead atoms. The lowest BCUT2D eigenvalue weighted by atomic mass is 10.0. The summed E-state index contributed by atoms with van der Waals surface area (Å²) in [4.78, 5) is 15.1. The Bertz CT molecular complexity index is 694. The van der Waals surface area contributed by atoms with Gasteiger partial charge < -0.3 is 18.8 Å². The van der Waals surface area contributed by atoms with Gasteiger partial charge >= 0.3 is 0 Å². The summed E-state index contributed by atoms with van der Waals surface area (Å²) in [5.74, 6) is 0.351. The second-order valence-corrected chi connectivity index (χ2v) is 6.15. The van der Waals surface area contributed by atoms with Crippen molar-refractivity contribution in [3.05, 3.63) is 35.6 Å². The number of carbonyl (C=O) groups is 1. The number of amides is 1. The molecule has 1 saturated heterocycles. The number of piperidine rings is 1. The number of hydrogen-bond acceptors (Lipinski definition) is 4. The van der Waals surface area contributed by atoms with Crippen LogP contribution in [-0.4, -0.2) is 43.7 Å². The van der Waals surface area contributed by atoms with Gasteiger partial charge in [-0.25, -0.2) is 0 Å². The first-order valence-electron chi connectivity index (χ1n) is 8.64. The number of rotatable bonds is 6. The van der Waals surface area contributed by atoms with Crippen molar-refractivity contribution in [2.24, 2.45) is 0 Å². The Morgan fingerprint density at radius 3 is 2.96 bits per heavy atom. The number of carbonyl (C=O) groups excluding carboxylic acids is 1. The number of ether oxygens (including phenoxy) is 2. The standard InChI is InChI=1S/C19H25NO4/c1-3-23-12-14-8-6-7-11-20(14)19(21)18-16(13-22-2)15-9-4-5-10-17(15)24-18/h4-5,9-10,14H,3,6-8,11-13H2,1-2H3/t14-/m1/s1. The fourth-order valence-electron chi connectivity index (χ4n) is 3.38. The first-order chi connectivity index (χ1) is 11.8. The molecule has 1 aromatic carbocycles. The molecule has 1 atom stereocenters. The second-order valence-electron chi connectivity index (χ2n) is 6.15. The van der Waals surface area contributed by atoms with Gasteiger partial charge in [0.1, 0.15) is 5.58 Å². The Hall–Kier alpha value is -1.85. The average molecular weight is 331 g/mol. The van der Waals surface area contributed by atoms with E-state index in [2.05, 4.69) is 0 Å². The van der Waals surface area contributed by atoms with Crippen molar-refractivity contribution in [3.8, 4) is 0 Å². The van der Waals surface area contributed by atoms with E-state index in [9.17, 15) is 4.79 Å². The minimum Gasteiger partial charge on any atom is -0.451 e. The minimum absolute atomic E-state index is 0.0531. The summed E-state index contributed by atoms with van der Waals surface area (Å²) >= 11 is 0. The van der Waals surface area contributed by atoms with Crippen LogP contribution < -0.4 is 0 Å². The lowest BCUT2D eigenvalue weighted by molar-refractivity contribution is 0.0318. The molecule has 5 heteroatoms. The summed E-state index contributed by atoms with van der Waals surface area (Å²) < 4.78 is 16.8. The lowest BCUT2D eigenvalue weighted by Gasteiger charge is -2.35. The average Bonchev–Trinajstić information content (AvgIpc) is 2.99. The van der Waals surface area contributed by atoms with Gasteiger partial charge in [0, 0.05) is 31.2 Å². The highest BCUT2D eigenvalue weighted by Gasteiger charge is 2.31. The highest BCUT2D eigenvalue weighted by molar-refractivity contribution is 5.99. The van der Waals surface area contributed by atoms with Crippen LogP contribution in [0.3, 0.4) is 0 Å². The fourth-order valence-corrected chi connectivity index (χ4v) is 3.38. The largest absolute Gasteiger partial charge is 0.451 e. The van der Waals surface area contributed by atoms with E-state index in [1.54, 1.807) is 7.11 Å². The van der Waals surface area contributed by atoms with Crippen molar-refractivity contribution >= 4 is 16.9 Å². The number of methoxy groups -OCH3 is 1. The third kappa shape index (κ3) is 3.32. The molecule has 1 fully saturated rings. The van der Waals surface area contributed by atoms with Crippen molar-refractivity contribution in [2.75, 3.05) is 26.9 Å². The van der Waals surface area contributed by atoms with Gasteiger partial charge in [-0.3, -0.25) is 4.79 Å². The van der Waals surface area contributed by atoms with E-state index in [4.69, 9.17) is 13.9 Å². The maximum atomic E-state index is 13.2. The van der Waals surface area contributed by atoms with Crippen LogP contribution in [0.4, 0.5) is 0 Å². The Morgan fingerprint density at radius 1 is 1.33 bits per heavy atom. The smallest absolute Gasteiger partial charge is 0.290 e. The minimum atomic E-state index is -0.0531. The zero-order valence-corrected chi connectivity index (χ0v) is 14.4. The zero-order chi connectivity index (χ0) is 16.9. The van der Waals surface area contributed by atoms with Crippen molar-refractivity contribution in [1.82, 2.24) is 4.90 Å². The summed E-state index contributed by atoms with van der Waals surface area (Å²) in [6.45, 7) is 4.34. The first-order valence-corrected chi connectivity index (χ1v) is 8.64. The molecule has 1 aliphatic rings. The normalized spacial score (nSPS) is 18.2. The van der Waals surface area contributed by atoms with Gasteiger partial charge in [-0.2, -0.15) is 0 Å². The molecule has 1 aromatic heterocycles. The molecular weight excluding hydrogens is 306 g/mol. The molecule has 2 aromatic rings. The third-order valence-electron chi connectivity index (χ3n) is 4.58. The van der Waals surface area contributed by atoms with Gasteiger partial charge in [0.15, 0.2) is 5.76 Å². The van der Waals surface area contributed by atoms with Gasteiger partial charge in [-0.05, 0) is 32.3 Å². The number of likely N-dealkylation sites (tertiary alicyclic amines) is 1. The molecule has 130 valence electrons. The molecule has 5 nitrogen and oxygen atoms in total. The topological polar surface area (TPSA) is 51.9 Å². The van der Waals surface area contributed by atoms with Crippen LogP contribution in [0.25, 0.3) is 11.0 Å². The van der Waals surface area contributed by atoms with Crippen LogP contribution in [0.2, 0.25) is 0 Å². The Kier molecular flexibility index (Phi) is 5.53. The van der Waals surface area contributed by atoms with Gasteiger partial charge in [-0.15, -0.1) is 0 Å². The Balaban J connectivity index is 1.93. The number of furan rings is 1. The van der Waals surface area contributed by atoms with Crippen molar-refractivity contribution < 1.29 is 18.7 Å². The monoisotopic (exact) mass is 331 g/mol. The molecule has 0 radical (unpaired) electrons. The van der Waals surface area contributed by atoms with E-state index in [0.29, 0.717) is 25.6 Å². The number of hydrogen-bond donors (Lipinski definition) is 0. The Labute approximate surface area is 142 Å². The molecule has 1 aliphatic heterocycles. The SMILES string of the molecule is CCOC[C@H]1CCCCN1C(=O)c1oc2ccccc2c1COC. The number of nitrogens with zero attached hydrogens (tertiary/aromatic N) is 1.